The molecule has 27 heavy (non-hydrogen) atoms. The van der Waals surface area contributed by atoms with Gasteiger partial charge in [-0.1, -0.05) is 0 Å². The lowest BCUT2D eigenvalue weighted by atomic mass is 9.97. The van der Waals surface area contributed by atoms with E-state index in [0.29, 0.717) is 29.5 Å². The quantitative estimate of drug-likeness (QED) is 0.770. The number of carbonyl (C=O) groups is 1. The van der Waals surface area contributed by atoms with Gasteiger partial charge < -0.3 is 14.4 Å². The van der Waals surface area contributed by atoms with E-state index in [1.54, 1.807) is 23.6 Å². The first-order valence-corrected chi connectivity index (χ1v) is 9.25. The molecule has 1 aromatic carbocycles. The van der Waals surface area contributed by atoms with Crippen molar-refractivity contribution in [2.24, 2.45) is 5.92 Å². The van der Waals surface area contributed by atoms with Crippen molar-refractivity contribution in [1.29, 1.82) is 0 Å². The Morgan fingerprint density at radius 1 is 1.26 bits per heavy atom. The van der Waals surface area contributed by atoms with E-state index in [4.69, 9.17) is 9.47 Å². The molecule has 9 heteroatoms. The SMILES string of the molecule is COc1ccc(-c2nc(C(=O)N3CCCC(C(F)(F)F)C3)cs2)cc1OC. The third-order valence-corrected chi connectivity index (χ3v) is 5.42. The number of likely N-dealkylation sites (tertiary alicyclic amines) is 1. The van der Waals surface area contributed by atoms with Crippen LogP contribution in [-0.4, -0.2) is 49.3 Å². The number of piperidine rings is 1. The molecule has 1 aliphatic heterocycles. The number of benzene rings is 1. The number of aromatic nitrogens is 1. The van der Waals surface area contributed by atoms with Crippen molar-refractivity contribution in [3.05, 3.63) is 29.3 Å². The summed E-state index contributed by atoms with van der Waals surface area (Å²) in [5.74, 6) is -0.839. The minimum atomic E-state index is -4.29. The fourth-order valence-electron chi connectivity index (χ4n) is 3.06. The molecule has 3 rings (SSSR count). The van der Waals surface area contributed by atoms with Crippen LogP contribution in [0, 0.1) is 5.92 Å². The number of thiazole rings is 1. The minimum Gasteiger partial charge on any atom is -0.493 e. The van der Waals surface area contributed by atoms with Crippen LogP contribution in [0.3, 0.4) is 0 Å². The first-order valence-electron chi connectivity index (χ1n) is 8.37. The van der Waals surface area contributed by atoms with Crippen LogP contribution in [0.25, 0.3) is 10.6 Å². The molecule has 0 radical (unpaired) electrons. The first-order chi connectivity index (χ1) is 12.8. The van der Waals surface area contributed by atoms with Crippen molar-refractivity contribution < 1.29 is 27.4 Å². The summed E-state index contributed by atoms with van der Waals surface area (Å²) in [6.45, 7) is 0.000183. The summed E-state index contributed by atoms with van der Waals surface area (Å²) in [6, 6.07) is 5.26. The second-order valence-electron chi connectivity index (χ2n) is 6.24. The van der Waals surface area contributed by atoms with Gasteiger partial charge in [-0.3, -0.25) is 4.79 Å². The van der Waals surface area contributed by atoms with Crippen molar-refractivity contribution >= 4 is 17.2 Å². The third-order valence-electron chi connectivity index (χ3n) is 4.53. The summed E-state index contributed by atoms with van der Waals surface area (Å²) in [6.07, 6.45) is -3.89. The molecule has 1 amide bonds. The maximum Gasteiger partial charge on any atom is 0.393 e. The monoisotopic (exact) mass is 400 g/mol. The van der Waals surface area contributed by atoms with Crippen LogP contribution in [0.5, 0.6) is 11.5 Å². The van der Waals surface area contributed by atoms with Gasteiger partial charge >= 0.3 is 6.18 Å². The molecule has 0 saturated carbocycles. The molecule has 1 fully saturated rings. The van der Waals surface area contributed by atoms with Gasteiger partial charge in [0.05, 0.1) is 20.1 Å². The standard InChI is InChI=1S/C18H19F3N2O3S/c1-25-14-6-5-11(8-15(14)26-2)16-22-13(10-27-16)17(24)23-7-3-4-12(9-23)18(19,20)21/h5-6,8,10,12H,3-4,7,9H2,1-2H3. The van der Waals surface area contributed by atoms with Gasteiger partial charge in [-0.15, -0.1) is 11.3 Å². The molecular formula is C18H19F3N2O3S. The zero-order valence-corrected chi connectivity index (χ0v) is 15.7. The topological polar surface area (TPSA) is 51.7 Å². The molecule has 1 atom stereocenters. The number of nitrogens with zero attached hydrogens (tertiary/aromatic N) is 2. The highest BCUT2D eigenvalue weighted by molar-refractivity contribution is 7.13. The Kier molecular flexibility index (Phi) is 5.59. The van der Waals surface area contributed by atoms with Crippen molar-refractivity contribution in [3.63, 3.8) is 0 Å². The molecule has 146 valence electrons. The largest absolute Gasteiger partial charge is 0.493 e. The lowest BCUT2D eigenvalue weighted by Crippen LogP contribution is -2.44. The summed E-state index contributed by atoms with van der Waals surface area (Å²) < 4.78 is 49.4. The van der Waals surface area contributed by atoms with Crippen LogP contribution < -0.4 is 9.47 Å². The van der Waals surface area contributed by atoms with E-state index in [1.165, 1.54) is 30.5 Å². The maximum atomic E-state index is 13.0. The fourth-order valence-corrected chi connectivity index (χ4v) is 3.86. The Hall–Kier alpha value is -2.29. The summed E-state index contributed by atoms with van der Waals surface area (Å²) >= 11 is 1.26. The number of methoxy groups -OCH3 is 2. The Morgan fingerprint density at radius 3 is 2.67 bits per heavy atom. The van der Waals surface area contributed by atoms with Crippen molar-refractivity contribution in [2.45, 2.75) is 19.0 Å². The van der Waals surface area contributed by atoms with E-state index in [2.05, 4.69) is 4.98 Å². The molecule has 0 aliphatic carbocycles. The predicted molar refractivity (Wildman–Crippen MR) is 95.3 cm³/mol. The van der Waals surface area contributed by atoms with Crippen molar-refractivity contribution in [2.75, 3.05) is 27.3 Å². The normalized spacial score (nSPS) is 17.7. The molecule has 1 aliphatic rings. The second kappa shape index (κ2) is 7.75. The molecule has 2 heterocycles. The van der Waals surface area contributed by atoms with Gasteiger partial charge in [0.1, 0.15) is 10.7 Å². The molecule has 0 bridgehead atoms. The van der Waals surface area contributed by atoms with Crippen molar-refractivity contribution in [1.82, 2.24) is 9.88 Å². The van der Waals surface area contributed by atoms with Crippen molar-refractivity contribution in [3.8, 4) is 22.1 Å². The highest BCUT2D eigenvalue weighted by Gasteiger charge is 2.43. The average molecular weight is 400 g/mol. The van der Waals surface area contributed by atoms with E-state index >= 15 is 0 Å². The summed E-state index contributed by atoms with van der Waals surface area (Å²) in [5.41, 5.74) is 0.899. The molecule has 2 aromatic rings. The van der Waals surface area contributed by atoms with Gasteiger partial charge in [-0.2, -0.15) is 13.2 Å². The third kappa shape index (κ3) is 4.18. The number of rotatable bonds is 4. The summed E-state index contributed by atoms with van der Waals surface area (Å²) in [5, 5.41) is 2.16. The van der Waals surface area contributed by atoms with E-state index in [1.807, 2.05) is 0 Å². The Morgan fingerprint density at radius 2 is 2.00 bits per heavy atom. The van der Waals surface area contributed by atoms with E-state index in [9.17, 15) is 18.0 Å². The number of hydrogen-bond acceptors (Lipinski definition) is 5. The fraction of sp³-hybridized carbons (Fsp3) is 0.444. The van der Waals surface area contributed by atoms with Gasteiger partial charge in [0.25, 0.3) is 5.91 Å². The first kappa shape index (κ1) is 19.5. The molecular weight excluding hydrogens is 381 g/mol. The molecule has 0 N–H and O–H groups in total. The number of amides is 1. The average Bonchev–Trinajstić information content (AvgIpc) is 3.16. The zero-order chi connectivity index (χ0) is 19.6. The van der Waals surface area contributed by atoms with Gasteiger partial charge in [-0.05, 0) is 31.0 Å². The molecule has 0 spiro atoms. The van der Waals surface area contributed by atoms with E-state index in [-0.39, 0.29) is 18.7 Å². The van der Waals surface area contributed by atoms with Crippen LogP contribution in [0.4, 0.5) is 13.2 Å². The van der Waals surface area contributed by atoms with Crippen LogP contribution in [-0.2, 0) is 0 Å². The Labute approximate surface area is 158 Å². The van der Waals surface area contributed by atoms with Crippen LogP contribution in [0.1, 0.15) is 23.3 Å². The van der Waals surface area contributed by atoms with Crippen LogP contribution >= 0.6 is 11.3 Å². The molecule has 1 saturated heterocycles. The maximum absolute atomic E-state index is 13.0. The summed E-state index contributed by atoms with van der Waals surface area (Å²) in [7, 11) is 3.05. The second-order valence-corrected chi connectivity index (χ2v) is 7.10. The smallest absolute Gasteiger partial charge is 0.393 e. The lowest BCUT2D eigenvalue weighted by molar-refractivity contribution is -0.184. The number of ether oxygens (including phenoxy) is 2. The predicted octanol–water partition coefficient (Wildman–Crippen LogP) is 4.24. The van der Waals surface area contributed by atoms with Crippen LogP contribution in [0.15, 0.2) is 23.6 Å². The highest BCUT2D eigenvalue weighted by atomic mass is 32.1. The highest BCUT2D eigenvalue weighted by Crippen LogP contribution is 2.35. The number of halogens is 3. The van der Waals surface area contributed by atoms with Gasteiger partial charge in [0, 0.05) is 24.0 Å². The molecule has 1 unspecified atom stereocenters. The van der Waals surface area contributed by atoms with Gasteiger partial charge in [0.15, 0.2) is 11.5 Å². The van der Waals surface area contributed by atoms with E-state index in [0.717, 1.165) is 5.56 Å². The summed E-state index contributed by atoms with van der Waals surface area (Å²) in [4.78, 5) is 18.2. The van der Waals surface area contributed by atoms with Gasteiger partial charge in [0.2, 0.25) is 0 Å². The Balaban J connectivity index is 1.78. The Bertz CT molecular complexity index is 822. The van der Waals surface area contributed by atoms with Gasteiger partial charge in [-0.25, -0.2) is 4.98 Å². The molecule has 5 nitrogen and oxygen atoms in total. The minimum absolute atomic E-state index is 0.0568. The number of carbonyl (C=O) groups excluding carboxylic acids is 1. The van der Waals surface area contributed by atoms with E-state index < -0.39 is 18.0 Å². The van der Waals surface area contributed by atoms with Crippen LogP contribution in [0.2, 0.25) is 0 Å². The number of alkyl halides is 3. The zero-order valence-electron chi connectivity index (χ0n) is 14.9. The number of hydrogen-bond donors (Lipinski definition) is 0. The lowest BCUT2D eigenvalue weighted by Gasteiger charge is -2.33. The molecule has 1 aromatic heterocycles.